The molecule has 1 saturated heterocycles. The van der Waals surface area contributed by atoms with Gasteiger partial charge in [-0.05, 0) is 37.3 Å². The van der Waals surface area contributed by atoms with Gasteiger partial charge in [-0.3, -0.25) is 4.79 Å². The second kappa shape index (κ2) is 7.68. The van der Waals surface area contributed by atoms with E-state index in [9.17, 15) is 9.59 Å². The summed E-state index contributed by atoms with van der Waals surface area (Å²) in [5.74, 6) is 1.20. The second-order valence-corrected chi connectivity index (χ2v) is 6.94. The van der Waals surface area contributed by atoms with E-state index in [1.807, 2.05) is 18.2 Å². The summed E-state index contributed by atoms with van der Waals surface area (Å²) < 4.78 is 5.50. The van der Waals surface area contributed by atoms with Crippen molar-refractivity contribution in [2.75, 3.05) is 18.2 Å². The van der Waals surface area contributed by atoms with E-state index in [0.717, 1.165) is 19.3 Å². The van der Waals surface area contributed by atoms with Crippen LogP contribution >= 0.6 is 11.8 Å². The van der Waals surface area contributed by atoms with Gasteiger partial charge in [0, 0.05) is 11.3 Å². The van der Waals surface area contributed by atoms with Gasteiger partial charge in [-0.1, -0.05) is 30.4 Å². The quantitative estimate of drug-likeness (QED) is 0.628. The first-order chi connectivity index (χ1) is 11.3. The molecule has 0 spiro atoms. The van der Waals surface area contributed by atoms with Gasteiger partial charge in [0.1, 0.15) is 6.04 Å². The van der Waals surface area contributed by atoms with Gasteiger partial charge in [-0.25, -0.2) is 4.79 Å². The predicted octanol–water partition coefficient (Wildman–Crippen LogP) is 3.10. The van der Waals surface area contributed by atoms with E-state index in [4.69, 9.17) is 4.74 Å². The van der Waals surface area contributed by atoms with Gasteiger partial charge in [0.25, 0.3) is 5.91 Å². The standard InChI is InChI=1S/C18H21NO3S/c20-17(15-9-5-2-6-10-15)19-13-23-12-16(19)18(21)22-11-14-7-3-1-4-8-14/h1-3,5-6,9-10,14,16H,4,7-8,11-13H2/t14?,16-/m0/s1. The normalized spacial score (nSPS) is 23.7. The van der Waals surface area contributed by atoms with Crippen molar-refractivity contribution < 1.29 is 14.3 Å². The summed E-state index contributed by atoms with van der Waals surface area (Å²) in [5, 5.41) is 0. The fourth-order valence-electron chi connectivity index (χ4n) is 2.89. The molecule has 2 atom stereocenters. The molecule has 0 N–H and O–H groups in total. The molecule has 1 aromatic rings. The van der Waals surface area contributed by atoms with Crippen LogP contribution in [0.3, 0.4) is 0 Å². The molecule has 3 rings (SSSR count). The fourth-order valence-corrected chi connectivity index (χ4v) is 4.03. The largest absolute Gasteiger partial charge is 0.464 e. The van der Waals surface area contributed by atoms with Crippen LogP contribution in [0.2, 0.25) is 0 Å². The topological polar surface area (TPSA) is 46.6 Å². The molecule has 122 valence electrons. The van der Waals surface area contributed by atoms with Crippen LogP contribution in [0.1, 0.15) is 29.6 Å². The van der Waals surface area contributed by atoms with Crippen molar-refractivity contribution in [3.05, 3.63) is 48.0 Å². The molecular weight excluding hydrogens is 310 g/mol. The molecule has 2 aliphatic rings. The van der Waals surface area contributed by atoms with Gasteiger partial charge >= 0.3 is 5.97 Å². The maximum atomic E-state index is 12.6. The van der Waals surface area contributed by atoms with Crippen molar-refractivity contribution in [3.63, 3.8) is 0 Å². The number of amides is 1. The third-order valence-corrected chi connectivity index (χ3v) is 5.29. The Morgan fingerprint density at radius 3 is 2.78 bits per heavy atom. The van der Waals surface area contributed by atoms with Crippen LogP contribution in [0.5, 0.6) is 0 Å². The molecule has 0 saturated carbocycles. The number of hydrogen-bond acceptors (Lipinski definition) is 4. The Bertz CT molecular complexity index is 587. The minimum absolute atomic E-state index is 0.0989. The monoisotopic (exact) mass is 331 g/mol. The molecule has 1 amide bonds. The molecule has 1 unspecified atom stereocenters. The minimum Gasteiger partial charge on any atom is -0.464 e. The van der Waals surface area contributed by atoms with Crippen molar-refractivity contribution >= 4 is 23.6 Å². The number of thioether (sulfide) groups is 1. The van der Waals surface area contributed by atoms with Crippen LogP contribution in [0.4, 0.5) is 0 Å². The lowest BCUT2D eigenvalue weighted by Gasteiger charge is -2.24. The Hall–Kier alpha value is -1.75. The zero-order valence-electron chi connectivity index (χ0n) is 13.0. The van der Waals surface area contributed by atoms with Gasteiger partial charge in [-0.2, -0.15) is 0 Å². The molecule has 1 aliphatic carbocycles. The van der Waals surface area contributed by atoms with Gasteiger partial charge in [0.05, 0.1) is 12.5 Å². The fraction of sp³-hybridized carbons (Fsp3) is 0.444. The van der Waals surface area contributed by atoms with Crippen LogP contribution in [0, 0.1) is 5.92 Å². The maximum absolute atomic E-state index is 12.6. The Balaban J connectivity index is 1.58. The highest BCUT2D eigenvalue weighted by molar-refractivity contribution is 7.99. The smallest absolute Gasteiger partial charge is 0.329 e. The number of allylic oxidation sites excluding steroid dienone is 2. The first-order valence-corrected chi connectivity index (χ1v) is 9.16. The van der Waals surface area contributed by atoms with E-state index in [1.54, 1.807) is 28.8 Å². The molecular formula is C18H21NO3S. The number of esters is 1. The van der Waals surface area contributed by atoms with E-state index in [1.165, 1.54) is 0 Å². The molecule has 0 aromatic heterocycles. The maximum Gasteiger partial charge on any atom is 0.329 e. The lowest BCUT2D eigenvalue weighted by Crippen LogP contribution is -2.43. The Labute approximate surface area is 140 Å². The zero-order valence-corrected chi connectivity index (χ0v) is 13.8. The van der Waals surface area contributed by atoms with E-state index in [-0.39, 0.29) is 11.9 Å². The SMILES string of the molecule is O=C(OCC1CC=CCC1)[C@@H]1CSCN1C(=O)c1ccccc1. The molecule has 4 nitrogen and oxygen atoms in total. The Morgan fingerprint density at radius 1 is 1.22 bits per heavy atom. The van der Waals surface area contributed by atoms with Crippen LogP contribution < -0.4 is 0 Å². The zero-order chi connectivity index (χ0) is 16.1. The summed E-state index contributed by atoms with van der Waals surface area (Å²) in [6.45, 7) is 0.456. The van der Waals surface area contributed by atoms with Crippen LogP contribution in [0.15, 0.2) is 42.5 Å². The highest BCUT2D eigenvalue weighted by atomic mass is 32.2. The molecule has 0 radical (unpaired) electrons. The number of hydrogen-bond donors (Lipinski definition) is 0. The lowest BCUT2D eigenvalue weighted by atomic mass is 9.95. The summed E-state index contributed by atoms with van der Waals surface area (Å²) in [6, 6.07) is 8.64. The summed E-state index contributed by atoms with van der Waals surface area (Å²) in [7, 11) is 0. The highest BCUT2D eigenvalue weighted by Crippen LogP contribution is 2.25. The third-order valence-electron chi connectivity index (χ3n) is 4.27. The van der Waals surface area contributed by atoms with Gasteiger partial charge in [0.2, 0.25) is 0 Å². The van der Waals surface area contributed by atoms with Crippen LogP contribution in [-0.4, -0.2) is 41.1 Å². The van der Waals surface area contributed by atoms with Gasteiger partial charge in [-0.15, -0.1) is 11.8 Å². The van der Waals surface area contributed by atoms with E-state index >= 15 is 0 Å². The van der Waals surface area contributed by atoms with Crippen molar-refractivity contribution in [3.8, 4) is 0 Å². The number of benzene rings is 1. The van der Waals surface area contributed by atoms with E-state index in [0.29, 0.717) is 29.7 Å². The van der Waals surface area contributed by atoms with E-state index < -0.39 is 6.04 Å². The van der Waals surface area contributed by atoms with E-state index in [2.05, 4.69) is 12.2 Å². The number of rotatable bonds is 4. The molecule has 0 bridgehead atoms. The average Bonchev–Trinajstić information content (AvgIpc) is 3.10. The summed E-state index contributed by atoms with van der Waals surface area (Å²) in [5.41, 5.74) is 0.616. The third kappa shape index (κ3) is 3.96. The summed E-state index contributed by atoms with van der Waals surface area (Å²) in [4.78, 5) is 26.6. The molecule has 5 heteroatoms. The Morgan fingerprint density at radius 2 is 2.04 bits per heavy atom. The van der Waals surface area contributed by atoms with Crippen molar-refractivity contribution in [2.45, 2.75) is 25.3 Å². The number of nitrogens with zero attached hydrogens (tertiary/aromatic N) is 1. The van der Waals surface area contributed by atoms with Crippen molar-refractivity contribution in [1.29, 1.82) is 0 Å². The molecule has 1 heterocycles. The summed E-state index contributed by atoms with van der Waals surface area (Å²) in [6.07, 6.45) is 7.42. The predicted molar refractivity (Wildman–Crippen MR) is 91.2 cm³/mol. The molecule has 23 heavy (non-hydrogen) atoms. The molecule has 1 aliphatic heterocycles. The van der Waals surface area contributed by atoms with Crippen molar-refractivity contribution in [1.82, 2.24) is 4.90 Å². The number of carbonyl (C=O) groups excluding carboxylic acids is 2. The highest BCUT2D eigenvalue weighted by Gasteiger charge is 2.36. The number of carbonyl (C=O) groups is 2. The summed E-state index contributed by atoms with van der Waals surface area (Å²) >= 11 is 1.60. The lowest BCUT2D eigenvalue weighted by molar-refractivity contribution is -0.149. The first-order valence-electron chi connectivity index (χ1n) is 8.01. The minimum atomic E-state index is -0.466. The molecule has 1 aromatic carbocycles. The van der Waals surface area contributed by atoms with Crippen LogP contribution in [-0.2, 0) is 9.53 Å². The van der Waals surface area contributed by atoms with Crippen LogP contribution in [0.25, 0.3) is 0 Å². The molecule has 1 fully saturated rings. The van der Waals surface area contributed by atoms with Gasteiger partial charge in [0.15, 0.2) is 0 Å². The second-order valence-electron chi connectivity index (χ2n) is 5.94. The number of ether oxygens (including phenoxy) is 1. The van der Waals surface area contributed by atoms with Gasteiger partial charge < -0.3 is 9.64 Å². The Kier molecular flexibility index (Phi) is 5.39. The first kappa shape index (κ1) is 16.1. The van der Waals surface area contributed by atoms with Crippen molar-refractivity contribution in [2.24, 2.45) is 5.92 Å². The average molecular weight is 331 g/mol.